The predicted octanol–water partition coefficient (Wildman–Crippen LogP) is -0.160. The van der Waals surface area contributed by atoms with Crippen molar-refractivity contribution >= 4 is 21.7 Å². The number of esters is 1. The SMILES string of the molecule is COCC1=C(C(=O)OC(C)(C)C)N2C(=O)C(OC)C2S(=O)(=O)C1. The van der Waals surface area contributed by atoms with Crippen LogP contribution in [-0.2, 0) is 33.6 Å². The minimum Gasteiger partial charge on any atom is -0.455 e. The molecule has 0 N–H and O–H groups in total. The molecule has 2 rings (SSSR count). The third-order valence-electron chi connectivity index (χ3n) is 3.48. The van der Waals surface area contributed by atoms with E-state index in [4.69, 9.17) is 14.2 Å². The molecule has 2 aliphatic heterocycles. The Morgan fingerprint density at radius 2 is 1.91 bits per heavy atom. The lowest BCUT2D eigenvalue weighted by Gasteiger charge is -2.48. The Bertz CT molecular complexity index is 659. The Kier molecular flexibility index (Phi) is 4.57. The molecule has 1 saturated heterocycles. The van der Waals surface area contributed by atoms with Gasteiger partial charge < -0.3 is 14.2 Å². The fourth-order valence-electron chi connectivity index (χ4n) is 2.66. The van der Waals surface area contributed by atoms with Crippen molar-refractivity contribution < 1.29 is 32.2 Å². The molecule has 0 aromatic carbocycles. The van der Waals surface area contributed by atoms with Crippen LogP contribution >= 0.6 is 0 Å². The smallest absolute Gasteiger partial charge is 0.355 e. The quantitative estimate of drug-likeness (QED) is 0.515. The van der Waals surface area contributed by atoms with E-state index in [2.05, 4.69) is 0 Å². The molecule has 2 unspecified atom stereocenters. The number of sulfone groups is 1. The summed E-state index contributed by atoms with van der Waals surface area (Å²) in [5, 5.41) is -1.19. The summed E-state index contributed by atoms with van der Waals surface area (Å²) in [5.74, 6) is -1.69. The summed E-state index contributed by atoms with van der Waals surface area (Å²) in [7, 11) is -1.02. The highest BCUT2D eigenvalue weighted by atomic mass is 32.2. The van der Waals surface area contributed by atoms with Crippen molar-refractivity contribution in [3.8, 4) is 0 Å². The second-order valence-electron chi connectivity index (χ2n) is 6.45. The highest BCUT2D eigenvalue weighted by Gasteiger charge is 2.60. The Morgan fingerprint density at radius 3 is 2.39 bits per heavy atom. The van der Waals surface area contributed by atoms with Crippen molar-refractivity contribution in [2.75, 3.05) is 26.6 Å². The summed E-state index contributed by atoms with van der Waals surface area (Å²) in [6, 6.07) is 0. The highest BCUT2D eigenvalue weighted by Crippen LogP contribution is 2.38. The van der Waals surface area contributed by atoms with Gasteiger partial charge in [-0.15, -0.1) is 0 Å². The second-order valence-corrected chi connectivity index (χ2v) is 8.55. The molecule has 0 aromatic rings. The summed E-state index contributed by atoms with van der Waals surface area (Å²) in [5.41, 5.74) is -0.622. The molecule has 2 heterocycles. The van der Waals surface area contributed by atoms with E-state index >= 15 is 0 Å². The third-order valence-corrected chi connectivity index (χ3v) is 5.42. The zero-order valence-electron chi connectivity index (χ0n) is 13.8. The number of carbonyl (C=O) groups excluding carboxylic acids is 2. The number of fused-ring (bicyclic) bond motifs is 1. The van der Waals surface area contributed by atoms with E-state index in [0.29, 0.717) is 0 Å². The molecule has 0 aliphatic carbocycles. The second kappa shape index (κ2) is 5.88. The zero-order valence-corrected chi connectivity index (χ0v) is 14.6. The van der Waals surface area contributed by atoms with E-state index in [-0.39, 0.29) is 23.6 Å². The van der Waals surface area contributed by atoms with Gasteiger partial charge in [-0.1, -0.05) is 0 Å². The van der Waals surface area contributed by atoms with Crippen LogP contribution in [0, 0.1) is 0 Å². The predicted molar refractivity (Wildman–Crippen MR) is 80.0 cm³/mol. The first-order chi connectivity index (χ1) is 10.5. The van der Waals surface area contributed by atoms with Crippen LogP contribution in [0.1, 0.15) is 20.8 Å². The van der Waals surface area contributed by atoms with E-state index in [1.165, 1.54) is 14.2 Å². The maximum absolute atomic E-state index is 12.5. The Labute approximate surface area is 135 Å². The van der Waals surface area contributed by atoms with Crippen molar-refractivity contribution in [3.05, 3.63) is 11.3 Å². The summed E-state index contributed by atoms with van der Waals surface area (Å²) in [6.45, 7) is 4.99. The molecule has 8 nitrogen and oxygen atoms in total. The van der Waals surface area contributed by atoms with Crippen molar-refractivity contribution in [3.63, 3.8) is 0 Å². The van der Waals surface area contributed by atoms with Crippen LogP contribution in [0.25, 0.3) is 0 Å². The van der Waals surface area contributed by atoms with Crippen LogP contribution in [-0.4, -0.2) is 68.9 Å². The fraction of sp³-hybridized carbons (Fsp3) is 0.714. The zero-order chi connectivity index (χ0) is 17.6. The molecule has 0 bridgehead atoms. The summed E-state index contributed by atoms with van der Waals surface area (Å²) in [6.07, 6.45) is -1.10. The van der Waals surface area contributed by atoms with Crippen molar-refractivity contribution in [1.82, 2.24) is 4.90 Å². The van der Waals surface area contributed by atoms with E-state index in [1.54, 1.807) is 20.8 Å². The first kappa shape index (κ1) is 17.9. The van der Waals surface area contributed by atoms with Crippen LogP contribution in [0.4, 0.5) is 0 Å². The molecule has 0 radical (unpaired) electrons. The van der Waals surface area contributed by atoms with Gasteiger partial charge in [-0.05, 0) is 20.8 Å². The number of hydrogen-bond acceptors (Lipinski definition) is 7. The van der Waals surface area contributed by atoms with Gasteiger partial charge in [-0.2, -0.15) is 0 Å². The van der Waals surface area contributed by atoms with Gasteiger partial charge in [-0.25, -0.2) is 13.2 Å². The largest absolute Gasteiger partial charge is 0.455 e. The fourth-order valence-corrected chi connectivity index (χ4v) is 4.67. The van der Waals surface area contributed by atoms with Gasteiger partial charge >= 0.3 is 5.97 Å². The summed E-state index contributed by atoms with van der Waals surface area (Å²) >= 11 is 0. The molecular weight excluding hydrogens is 326 g/mol. The van der Waals surface area contributed by atoms with Crippen LogP contribution in [0.2, 0.25) is 0 Å². The number of β-lactam (4-membered cyclic amide) rings is 1. The number of nitrogens with zero attached hydrogens (tertiary/aromatic N) is 1. The number of methoxy groups -OCH3 is 2. The topological polar surface area (TPSA) is 99.2 Å². The Morgan fingerprint density at radius 1 is 1.30 bits per heavy atom. The average molecular weight is 347 g/mol. The highest BCUT2D eigenvalue weighted by molar-refractivity contribution is 7.92. The lowest BCUT2D eigenvalue weighted by Crippen LogP contribution is -2.70. The first-order valence-corrected chi connectivity index (χ1v) is 8.77. The number of ether oxygens (including phenoxy) is 3. The molecule has 23 heavy (non-hydrogen) atoms. The van der Waals surface area contributed by atoms with Crippen LogP contribution in [0.15, 0.2) is 11.3 Å². The lowest BCUT2D eigenvalue weighted by atomic mass is 10.1. The van der Waals surface area contributed by atoms with Gasteiger partial charge in [0.05, 0.1) is 12.4 Å². The van der Waals surface area contributed by atoms with Gasteiger partial charge in [0, 0.05) is 19.8 Å². The average Bonchev–Trinajstić information content (AvgIpc) is 2.37. The molecule has 9 heteroatoms. The third kappa shape index (κ3) is 3.13. The molecule has 1 amide bonds. The first-order valence-electron chi connectivity index (χ1n) is 7.05. The van der Waals surface area contributed by atoms with E-state index in [1.807, 2.05) is 0 Å². The van der Waals surface area contributed by atoms with E-state index in [0.717, 1.165) is 4.90 Å². The molecule has 0 spiro atoms. The Balaban J connectivity index is 2.49. The minimum atomic E-state index is -3.67. The van der Waals surface area contributed by atoms with Gasteiger partial charge in [0.2, 0.25) is 0 Å². The maximum Gasteiger partial charge on any atom is 0.355 e. The molecule has 130 valence electrons. The van der Waals surface area contributed by atoms with Gasteiger partial charge in [0.25, 0.3) is 5.91 Å². The van der Waals surface area contributed by atoms with Crippen molar-refractivity contribution in [2.45, 2.75) is 37.9 Å². The van der Waals surface area contributed by atoms with Gasteiger partial charge in [0.1, 0.15) is 11.3 Å². The molecule has 1 fully saturated rings. The molecule has 0 aromatic heterocycles. The summed E-state index contributed by atoms with van der Waals surface area (Å²) in [4.78, 5) is 25.6. The number of rotatable bonds is 4. The molecular formula is C14H21NO7S. The normalized spacial score (nSPS) is 26.7. The number of hydrogen-bond donors (Lipinski definition) is 0. The van der Waals surface area contributed by atoms with Gasteiger partial charge in [-0.3, -0.25) is 9.69 Å². The standard InChI is InChI=1S/C14H21NO7S/c1-14(2,3)22-13(17)9-8(6-20-4)7-23(18,19)12-10(21-5)11(16)15(9)12/h10,12H,6-7H2,1-5H3. The van der Waals surface area contributed by atoms with Crippen molar-refractivity contribution in [2.24, 2.45) is 0 Å². The van der Waals surface area contributed by atoms with Crippen LogP contribution < -0.4 is 0 Å². The number of amides is 1. The lowest BCUT2D eigenvalue weighted by molar-refractivity contribution is -0.167. The van der Waals surface area contributed by atoms with E-state index < -0.39 is 38.8 Å². The maximum atomic E-state index is 12.5. The van der Waals surface area contributed by atoms with Crippen LogP contribution in [0.5, 0.6) is 0 Å². The van der Waals surface area contributed by atoms with E-state index in [9.17, 15) is 18.0 Å². The minimum absolute atomic E-state index is 0.0556. The van der Waals surface area contributed by atoms with Crippen LogP contribution in [0.3, 0.4) is 0 Å². The molecule has 2 aliphatic rings. The van der Waals surface area contributed by atoms with Crippen molar-refractivity contribution in [1.29, 1.82) is 0 Å². The van der Waals surface area contributed by atoms with Gasteiger partial charge in [0.15, 0.2) is 21.3 Å². The summed E-state index contributed by atoms with van der Waals surface area (Å²) < 4.78 is 40.0. The number of carbonyl (C=O) groups is 2. The molecule has 0 saturated carbocycles. The molecule has 2 atom stereocenters. The Hall–Kier alpha value is -1.45. The monoisotopic (exact) mass is 347 g/mol.